The molecule has 0 heterocycles. The highest BCUT2D eigenvalue weighted by molar-refractivity contribution is 5.88. The minimum Gasteiger partial charge on any atom is -0.465 e. The lowest BCUT2D eigenvalue weighted by Crippen LogP contribution is -2.66. The Morgan fingerprint density at radius 3 is 1.50 bits per heavy atom. The van der Waals surface area contributed by atoms with Crippen LogP contribution in [0.15, 0.2) is 0 Å². The van der Waals surface area contributed by atoms with Crippen LogP contribution in [0.25, 0.3) is 0 Å². The van der Waals surface area contributed by atoms with Crippen molar-refractivity contribution >= 4 is 17.9 Å². The third-order valence-electron chi connectivity index (χ3n) is 4.63. The van der Waals surface area contributed by atoms with Crippen LogP contribution in [0.1, 0.15) is 68.2 Å². The molecule has 0 amide bonds. The molecule has 0 aliphatic rings. The van der Waals surface area contributed by atoms with E-state index in [2.05, 4.69) is 0 Å². The summed E-state index contributed by atoms with van der Waals surface area (Å²) in [6.07, 6.45) is -0.697. The molecule has 0 bridgehead atoms. The number of methoxy groups -OCH3 is 1. The largest absolute Gasteiger partial charge is 0.465 e. The van der Waals surface area contributed by atoms with Gasteiger partial charge in [-0.15, -0.1) is 0 Å². The zero-order chi connectivity index (χ0) is 24.1. The van der Waals surface area contributed by atoms with E-state index in [0.29, 0.717) is 12.8 Å². The van der Waals surface area contributed by atoms with Crippen molar-refractivity contribution in [3.63, 3.8) is 0 Å². The van der Waals surface area contributed by atoms with Crippen LogP contribution in [0, 0.1) is 17.8 Å². The Hall–Kier alpha value is -1.71. The Bertz CT molecular complexity index is 616. The molecular formula is C21H41N3O6. The van der Waals surface area contributed by atoms with Crippen LogP contribution >= 0.6 is 0 Å². The number of nitrogens with two attached hydrogens (primary N) is 3. The predicted octanol–water partition coefficient (Wildman–Crippen LogP) is 1.45. The van der Waals surface area contributed by atoms with Gasteiger partial charge in [-0.2, -0.15) is 0 Å². The van der Waals surface area contributed by atoms with Gasteiger partial charge in [-0.05, 0) is 44.4 Å². The lowest BCUT2D eigenvalue weighted by atomic mass is 9.90. The Morgan fingerprint density at radius 1 is 0.767 bits per heavy atom. The van der Waals surface area contributed by atoms with Crippen LogP contribution in [0.4, 0.5) is 0 Å². The molecule has 4 atom stereocenters. The van der Waals surface area contributed by atoms with Gasteiger partial charge in [0.15, 0.2) is 6.10 Å². The highest BCUT2D eigenvalue weighted by Gasteiger charge is 2.54. The summed E-state index contributed by atoms with van der Waals surface area (Å²) >= 11 is 0. The molecule has 0 rings (SSSR count). The number of hydrogen-bond acceptors (Lipinski definition) is 9. The zero-order valence-corrected chi connectivity index (χ0v) is 19.9. The molecule has 6 N–H and O–H groups in total. The van der Waals surface area contributed by atoms with Crippen molar-refractivity contribution in [2.24, 2.45) is 35.0 Å². The van der Waals surface area contributed by atoms with E-state index in [0.717, 1.165) is 7.11 Å². The molecule has 0 spiro atoms. The quantitative estimate of drug-likeness (QED) is 0.250. The Balaban J connectivity index is 5.99. The number of carbonyl (C=O) groups is 3. The molecule has 0 saturated heterocycles. The van der Waals surface area contributed by atoms with E-state index in [1.807, 2.05) is 27.7 Å². The van der Waals surface area contributed by atoms with E-state index in [1.54, 1.807) is 13.8 Å². The molecule has 9 nitrogen and oxygen atoms in total. The summed E-state index contributed by atoms with van der Waals surface area (Å²) in [7, 11) is 1.10. The standard InChI is InChI=1S/C21H41N3O6/c1-12(2)10-19(7,22)16(25)29-15(14(5)6)21(24,18(27)28-9)30-17(26)20(8,23)11-13(3)4/h12-15H,10-11,22-24H2,1-9H3. The second-order valence-electron chi connectivity index (χ2n) is 9.78. The topological polar surface area (TPSA) is 157 Å². The summed E-state index contributed by atoms with van der Waals surface area (Å²) < 4.78 is 15.7. The first kappa shape index (κ1) is 28.3. The molecule has 176 valence electrons. The molecule has 0 aromatic carbocycles. The van der Waals surface area contributed by atoms with Gasteiger partial charge in [-0.1, -0.05) is 41.5 Å². The van der Waals surface area contributed by atoms with Crippen molar-refractivity contribution < 1.29 is 28.6 Å². The van der Waals surface area contributed by atoms with Gasteiger partial charge in [0, 0.05) is 0 Å². The van der Waals surface area contributed by atoms with E-state index in [1.165, 1.54) is 13.8 Å². The van der Waals surface area contributed by atoms with Crippen LogP contribution in [-0.4, -0.2) is 47.9 Å². The van der Waals surface area contributed by atoms with Crippen molar-refractivity contribution in [3.05, 3.63) is 0 Å². The van der Waals surface area contributed by atoms with E-state index in [-0.39, 0.29) is 11.8 Å². The number of esters is 3. The van der Waals surface area contributed by atoms with Gasteiger partial charge in [0.1, 0.15) is 11.1 Å². The fourth-order valence-electron chi connectivity index (χ4n) is 3.48. The number of ether oxygens (including phenoxy) is 3. The monoisotopic (exact) mass is 431 g/mol. The maximum Gasteiger partial charge on any atom is 0.370 e. The van der Waals surface area contributed by atoms with Gasteiger partial charge in [0.2, 0.25) is 0 Å². The molecule has 0 aromatic heterocycles. The van der Waals surface area contributed by atoms with Gasteiger partial charge in [0.05, 0.1) is 7.11 Å². The third kappa shape index (κ3) is 7.52. The molecule has 0 aliphatic carbocycles. The summed E-state index contributed by atoms with van der Waals surface area (Å²) in [5.41, 5.74) is 13.3. The average molecular weight is 432 g/mol. The van der Waals surface area contributed by atoms with E-state index >= 15 is 0 Å². The number of carbonyl (C=O) groups excluding carboxylic acids is 3. The molecule has 0 saturated carbocycles. The SMILES string of the molecule is COC(=O)C(N)(OC(=O)C(C)(N)CC(C)C)C(OC(=O)C(C)(N)CC(C)C)C(C)C. The first-order chi connectivity index (χ1) is 13.4. The lowest BCUT2D eigenvalue weighted by Gasteiger charge is -2.39. The maximum absolute atomic E-state index is 12.8. The van der Waals surface area contributed by atoms with Crippen molar-refractivity contribution in [3.8, 4) is 0 Å². The van der Waals surface area contributed by atoms with Gasteiger partial charge >= 0.3 is 17.9 Å². The van der Waals surface area contributed by atoms with Crippen LogP contribution in [0.2, 0.25) is 0 Å². The number of rotatable bonds is 11. The normalized spacial score (nSPS) is 18.9. The van der Waals surface area contributed by atoms with Crippen molar-refractivity contribution in [2.45, 2.75) is 91.1 Å². The van der Waals surface area contributed by atoms with Gasteiger partial charge in [-0.3, -0.25) is 10.5 Å². The Kier molecular flexibility index (Phi) is 9.95. The molecule has 0 fully saturated rings. The fraction of sp³-hybridized carbons (Fsp3) is 0.857. The highest BCUT2D eigenvalue weighted by Crippen LogP contribution is 2.28. The van der Waals surface area contributed by atoms with Gasteiger partial charge < -0.3 is 25.7 Å². The average Bonchev–Trinajstić information content (AvgIpc) is 2.55. The summed E-state index contributed by atoms with van der Waals surface area (Å²) in [4.78, 5) is 38.2. The molecular weight excluding hydrogens is 390 g/mol. The van der Waals surface area contributed by atoms with Crippen LogP contribution in [-0.2, 0) is 28.6 Å². The molecule has 9 heteroatoms. The second-order valence-corrected chi connectivity index (χ2v) is 9.78. The number of hydrogen-bond donors (Lipinski definition) is 3. The lowest BCUT2D eigenvalue weighted by molar-refractivity contribution is -0.210. The third-order valence-corrected chi connectivity index (χ3v) is 4.63. The summed E-state index contributed by atoms with van der Waals surface area (Å²) in [5, 5.41) is 0. The van der Waals surface area contributed by atoms with Crippen molar-refractivity contribution in [2.75, 3.05) is 7.11 Å². The fourth-order valence-corrected chi connectivity index (χ4v) is 3.48. The molecule has 30 heavy (non-hydrogen) atoms. The van der Waals surface area contributed by atoms with Crippen LogP contribution in [0.3, 0.4) is 0 Å². The van der Waals surface area contributed by atoms with Gasteiger partial charge in [0.25, 0.3) is 5.72 Å². The summed E-state index contributed by atoms with van der Waals surface area (Å²) in [5.74, 6) is -3.02. The van der Waals surface area contributed by atoms with Crippen molar-refractivity contribution in [1.82, 2.24) is 0 Å². The minimum atomic E-state index is -2.39. The maximum atomic E-state index is 12.8. The van der Waals surface area contributed by atoms with Crippen LogP contribution in [0.5, 0.6) is 0 Å². The van der Waals surface area contributed by atoms with Crippen molar-refractivity contribution in [1.29, 1.82) is 0 Å². The molecule has 0 aromatic rings. The molecule has 0 aliphatic heterocycles. The second kappa shape index (κ2) is 10.5. The minimum absolute atomic E-state index is 0.0885. The molecule has 0 radical (unpaired) electrons. The highest BCUT2D eigenvalue weighted by atomic mass is 16.6. The Morgan fingerprint density at radius 2 is 1.17 bits per heavy atom. The van der Waals surface area contributed by atoms with E-state index in [9.17, 15) is 14.4 Å². The van der Waals surface area contributed by atoms with Crippen LogP contribution < -0.4 is 17.2 Å². The summed E-state index contributed by atoms with van der Waals surface area (Å²) in [6.45, 7) is 14.0. The van der Waals surface area contributed by atoms with E-state index in [4.69, 9.17) is 31.4 Å². The summed E-state index contributed by atoms with van der Waals surface area (Å²) in [6, 6.07) is 0. The zero-order valence-electron chi connectivity index (χ0n) is 19.9. The molecule has 4 unspecified atom stereocenters. The van der Waals surface area contributed by atoms with Gasteiger partial charge in [-0.25, -0.2) is 9.59 Å². The predicted molar refractivity (Wildman–Crippen MR) is 114 cm³/mol. The smallest absolute Gasteiger partial charge is 0.370 e. The van der Waals surface area contributed by atoms with E-state index < -0.39 is 46.7 Å². The first-order valence-electron chi connectivity index (χ1n) is 10.3. The Labute approximate surface area is 180 Å². The first-order valence-corrected chi connectivity index (χ1v) is 10.3.